The summed E-state index contributed by atoms with van der Waals surface area (Å²) in [6.45, 7) is 1.44. The number of benzene rings is 1. The second kappa shape index (κ2) is 10.6. The minimum atomic E-state index is -0.834. The third-order valence-electron chi connectivity index (χ3n) is 3.99. The molecule has 0 radical (unpaired) electrons. The van der Waals surface area contributed by atoms with Crippen LogP contribution in [0.5, 0.6) is 0 Å². The Balaban J connectivity index is 2.32. The highest BCUT2D eigenvalue weighted by atomic mass is 79.9. The van der Waals surface area contributed by atoms with E-state index in [1.54, 1.807) is 13.0 Å². The summed E-state index contributed by atoms with van der Waals surface area (Å²) in [7, 11) is 1.19. The molecule has 1 aromatic rings. The Kier molecular flexibility index (Phi) is 8.18. The fraction of sp³-hybridized carbons (Fsp3) is 0.333. The number of aliphatic hydroxyl groups excluding tert-OH is 1. The van der Waals surface area contributed by atoms with Gasteiger partial charge >= 0.3 is 12.1 Å². The number of hydrogen-bond acceptors (Lipinski definition) is 8. The average Bonchev–Trinajstić information content (AvgIpc) is 3.02. The molecule has 1 aliphatic heterocycles. The first-order chi connectivity index (χ1) is 14.3. The predicted octanol–water partition coefficient (Wildman–Crippen LogP) is 0.513. The Bertz CT molecular complexity index is 887. The molecule has 2 rings (SSSR count). The number of rotatable bonds is 7. The van der Waals surface area contributed by atoms with Crippen molar-refractivity contribution in [3.8, 4) is 0 Å². The highest BCUT2D eigenvalue weighted by Crippen LogP contribution is 2.27. The second-order valence-corrected chi connectivity index (χ2v) is 6.83. The molecule has 0 aromatic heterocycles. The van der Waals surface area contributed by atoms with Crippen molar-refractivity contribution in [3.63, 3.8) is 0 Å². The normalized spacial score (nSPS) is 13.2. The van der Waals surface area contributed by atoms with Crippen molar-refractivity contribution in [1.82, 2.24) is 15.8 Å². The number of carbonyl (C=O) groups is 4. The van der Waals surface area contributed by atoms with Gasteiger partial charge in [0.15, 0.2) is 0 Å². The maximum atomic E-state index is 12.7. The van der Waals surface area contributed by atoms with Crippen LogP contribution < -0.4 is 16.2 Å². The van der Waals surface area contributed by atoms with Crippen molar-refractivity contribution < 1.29 is 33.8 Å². The quantitative estimate of drug-likeness (QED) is 0.323. The average molecular weight is 485 g/mol. The lowest BCUT2D eigenvalue weighted by molar-refractivity contribution is -0.136. The van der Waals surface area contributed by atoms with Crippen LogP contribution in [-0.2, 0) is 19.1 Å². The molecule has 0 aliphatic carbocycles. The number of methoxy groups -OCH3 is 1. The van der Waals surface area contributed by atoms with Gasteiger partial charge in [0.05, 0.1) is 43.7 Å². The number of halogens is 1. The van der Waals surface area contributed by atoms with Crippen molar-refractivity contribution >= 4 is 45.5 Å². The van der Waals surface area contributed by atoms with Gasteiger partial charge in [-0.1, -0.05) is 15.9 Å². The number of anilines is 1. The number of ether oxygens (including phenoxy) is 2. The maximum absolute atomic E-state index is 12.7. The number of hydrazine groups is 1. The number of esters is 1. The Morgan fingerprint density at radius 1 is 1.27 bits per heavy atom. The van der Waals surface area contributed by atoms with Gasteiger partial charge in [0, 0.05) is 11.0 Å². The first-order valence-corrected chi connectivity index (χ1v) is 9.62. The summed E-state index contributed by atoms with van der Waals surface area (Å²) in [6, 6.07) is 4.58. The lowest BCUT2D eigenvalue weighted by Crippen LogP contribution is -2.42. The Morgan fingerprint density at radius 2 is 2.00 bits per heavy atom. The first kappa shape index (κ1) is 23.2. The van der Waals surface area contributed by atoms with Gasteiger partial charge in [0.25, 0.3) is 11.8 Å². The fourth-order valence-electron chi connectivity index (χ4n) is 2.64. The van der Waals surface area contributed by atoms with Crippen molar-refractivity contribution in [1.29, 1.82) is 0 Å². The van der Waals surface area contributed by atoms with E-state index in [1.165, 1.54) is 24.1 Å². The Labute approximate surface area is 180 Å². The van der Waals surface area contributed by atoms with Crippen LogP contribution in [-0.4, -0.2) is 67.3 Å². The number of nitrogens with zero attached hydrogens (tertiary/aromatic N) is 1. The van der Waals surface area contributed by atoms with Gasteiger partial charge in [-0.2, -0.15) is 0 Å². The summed E-state index contributed by atoms with van der Waals surface area (Å²) in [5, 5.41) is 12.0. The smallest absolute Gasteiger partial charge is 0.426 e. The SMILES string of the molecule is CCOC(=O)NNC(=O)c1ccc(Br)cc1NC1=C(C(=O)OC)CN(CCO)C1=O. The van der Waals surface area contributed by atoms with Gasteiger partial charge in [-0.3, -0.25) is 15.0 Å². The second-order valence-electron chi connectivity index (χ2n) is 5.91. The minimum Gasteiger partial charge on any atom is -0.466 e. The van der Waals surface area contributed by atoms with Crippen LogP contribution in [0.3, 0.4) is 0 Å². The van der Waals surface area contributed by atoms with Gasteiger partial charge in [-0.15, -0.1) is 0 Å². The van der Waals surface area contributed by atoms with Crippen LogP contribution in [0, 0.1) is 0 Å². The van der Waals surface area contributed by atoms with Crippen molar-refractivity contribution in [2.24, 2.45) is 0 Å². The molecule has 1 aromatic carbocycles. The molecular formula is C18H21BrN4O7. The van der Waals surface area contributed by atoms with Crippen molar-refractivity contribution in [2.75, 3.05) is 38.7 Å². The molecule has 0 atom stereocenters. The van der Waals surface area contributed by atoms with E-state index >= 15 is 0 Å². The molecule has 0 fully saturated rings. The van der Waals surface area contributed by atoms with Crippen LogP contribution in [0.25, 0.3) is 0 Å². The third-order valence-corrected chi connectivity index (χ3v) is 4.49. The number of carbonyl (C=O) groups excluding carboxylic acids is 4. The lowest BCUT2D eigenvalue weighted by atomic mass is 10.1. The molecular weight excluding hydrogens is 464 g/mol. The fourth-order valence-corrected chi connectivity index (χ4v) is 3.00. The number of nitrogens with one attached hydrogen (secondary N) is 3. The number of β-amino-alcohol motifs (C(OH)–C–C–N with tert-alkyl or cyclic N) is 1. The molecule has 1 aliphatic rings. The van der Waals surface area contributed by atoms with Gasteiger partial charge in [0.2, 0.25) is 0 Å². The third kappa shape index (κ3) is 5.48. The summed E-state index contributed by atoms with van der Waals surface area (Å²) < 4.78 is 10.0. The first-order valence-electron chi connectivity index (χ1n) is 8.83. The van der Waals surface area contributed by atoms with E-state index in [-0.39, 0.29) is 48.8 Å². The maximum Gasteiger partial charge on any atom is 0.426 e. The monoisotopic (exact) mass is 484 g/mol. The molecule has 0 saturated heterocycles. The Hall–Kier alpha value is -3.12. The van der Waals surface area contributed by atoms with Gasteiger partial charge in [-0.05, 0) is 25.1 Å². The van der Waals surface area contributed by atoms with E-state index in [0.29, 0.717) is 4.47 Å². The van der Waals surface area contributed by atoms with Gasteiger partial charge in [-0.25, -0.2) is 15.0 Å². The lowest BCUT2D eigenvalue weighted by Gasteiger charge is -2.16. The van der Waals surface area contributed by atoms with Crippen molar-refractivity contribution in [2.45, 2.75) is 6.92 Å². The van der Waals surface area contributed by atoms with E-state index in [2.05, 4.69) is 36.8 Å². The molecule has 0 bridgehead atoms. The molecule has 162 valence electrons. The van der Waals surface area contributed by atoms with Crippen LogP contribution in [0.15, 0.2) is 33.9 Å². The highest BCUT2D eigenvalue weighted by Gasteiger charge is 2.35. The van der Waals surface area contributed by atoms with E-state index in [1.807, 2.05) is 0 Å². The van der Waals surface area contributed by atoms with Crippen LogP contribution in [0.4, 0.5) is 10.5 Å². The topological polar surface area (TPSA) is 146 Å². The molecule has 0 spiro atoms. The minimum absolute atomic E-state index is 0.0276. The summed E-state index contributed by atoms with van der Waals surface area (Å²) >= 11 is 3.29. The molecule has 1 heterocycles. The molecule has 12 heteroatoms. The Morgan fingerprint density at radius 3 is 2.63 bits per heavy atom. The van der Waals surface area contributed by atoms with Crippen LogP contribution in [0.1, 0.15) is 17.3 Å². The molecule has 11 nitrogen and oxygen atoms in total. The van der Waals surface area contributed by atoms with Crippen LogP contribution in [0.2, 0.25) is 0 Å². The van der Waals surface area contributed by atoms with E-state index in [0.717, 1.165) is 0 Å². The van der Waals surface area contributed by atoms with E-state index in [9.17, 15) is 19.2 Å². The molecule has 3 amide bonds. The van der Waals surface area contributed by atoms with E-state index in [4.69, 9.17) is 9.84 Å². The zero-order valence-corrected chi connectivity index (χ0v) is 17.9. The highest BCUT2D eigenvalue weighted by molar-refractivity contribution is 9.10. The zero-order chi connectivity index (χ0) is 22.3. The molecule has 0 saturated carbocycles. The molecule has 0 unspecified atom stereocenters. The van der Waals surface area contributed by atoms with Crippen LogP contribution >= 0.6 is 15.9 Å². The summed E-state index contributed by atoms with van der Waals surface area (Å²) in [5.74, 6) is -1.92. The molecule has 30 heavy (non-hydrogen) atoms. The standard InChI is InChI=1S/C18H21BrN4O7/c1-3-30-18(28)22-21-15(25)11-5-4-10(19)8-13(11)20-14-12(17(27)29-2)9-23(6-7-24)16(14)26/h4-5,8,20,24H,3,6-7,9H2,1-2H3,(H,21,25)(H,22,28). The van der Waals surface area contributed by atoms with Crippen molar-refractivity contribution in [3.05, 3.63) is 39.5 Å². The number of hydrogen-bond donors (Lipinski definition) is 4. The number of aliphatic hydroxyl groups is 1. The predicted molar refractivity (Wildman–Crippen MR) is 108 cm³/mol. The summed E-state index contributed by atoms with van der Waals surface area (Å²) in [4.78, 5) is 50.0. The zero-order valence-electron chi connectivity index (χ0n) is 16.3. The van der Waals surface area contributed by atoms with Gasteiger partial charge < -0.3 is 24.8 Å². The summed E-state index contributed by atoms with van der Waals surface area (Å²) in [6.07, 6.45) is -0.834. The number of amides is 3. The largest absolute Gasteiger partial charge is 0.466 e. The molecule has 4 N–H and O–H groups in total. The van der Waals surface area contributed by atoms with Gasteiger partial charge in [0.1, 0.15) is 5.70 Å². The van der Waals surface area contributed by atoms with E-state index < -0.39 is 23.9 Å². The summed E-state index contributed by atoms with van der Waals surface area (Å²) in [5.41, 5.74) is 4.57.